The molecule has 2 aromatic rings. The molecule has 20 heavy (non-hydrogen) atoms. The minimum absolute atomic E-state index is 0.0543. The zero-order valence-corrected chi connectivity index (χ0v) is 12.4. The molecule has 104 valence electrons. The van der Waals surface area contributed by atoms with Crippen molar-refractivity contribution in [3.05, 3.63) is 58.1 Å². The average Bonchev–Trinajstić information content (AvgIpc) is 2.44. The molecular formula is C14H10Cl3NO2. The van der Waals surface area contributed by atoms with Crippen molar-refractivity contribution in [2.75, 3.05) is 5.32 Å². The van der Waals surface area contributed by atoms with Gasteiger partial charge in [0.2, 0.25) is 5.91 Å². The van der Waals surface area contributed by atoms with Crippen LogP contribution in [0.2, 0.25) is 10.0 Å². The maximum atomic E-state index is 12.0. The largest absolute Gasteiger partial charge is 0.505 e. The van der Waals surface area contributed by atoms with Crippen LogP contribution in [0, 0.1) is 0 Å². The molecule has 0 aliphatic rings. The van der Waals surface area contributed by atoms with Gasteiger partial charge in [-0.3, -0.25) is 4.79 Å². The van der Waals surface area contributed by atoms with Gasteiger partial charge in [-0.2, -0.15) is 0 Å². The van der Waals surface area contributed by atoms with Gasteiger partial charge in [-0.1, -0.05) is 53.5 Å². The third kappa shape index (κ3) is 3.37. The first kappa shape index (κ1) is 15.0. The number of hydrogen-bond acceptors (Lipinski definition) is 2. The molecule has 0 aliphatic heterocycles. The summed E-state index contributed by atoms with van der Waals surface area (Å²) in [6, 6.07) is 11.7. The van der Waals surface area contributed by atoms with Gasteiger partial charge < -0.3 is 10.4 Å². The molecular weight excluding hydrogens is 321 g/mol. The van der Waals surface area contributed by atoms with E-state index in [9.17, 15) is 9.90 Å². The summed E-state index contributed by atoms with van der Waals surface area (Å²) in [6.45, 7) is 0. The number of phenols is 1. The first-order valence-corrected chi connectivity index (χ1v) is 6.86. The number of hydrogen-bond donors (Lipinski definition) is 2. The molecule has 0 fully saturated rings. The number of benzene rings is 2. The smallest absolute Gasteiger partial charge is 0.246 e. The van der Waals surface area contributed by atoms with E-state index in [0.717, 1.165) is 0 Å². The molecule has 0 spiro atoms. The topological polar surface area (TPSA) is 49.3 Å². The van der Waals surface area contributed by atoms with E-state index in [1.165, 1.54) is 12.1 Å². The van der Waals surface area contributed by atoms with Crippen molar-refractivity contribution in [1.82, 2.24) is 0 Å². The molecule has 0 saturated carbocycles. The van der Waals surface area contributed by atoms with Gasteiger partial charge in [0.15, 0.2) is 5.75 Å². The molecule has 1 unspecified atom stereocenters. The zero-order chi connectivity index (χ0) is 14.7. The lowest BCUT2D eigenvalue weighted by molar-refractivity contribution is -0.116. The van der Waals surface area contributed by atoms with Crippen molar-refractivity contribution < 1.29 is 9.90 Å². The number of aromatic hydroxyl groups is 1. The second-order valence-corrected chi connectivity index (χ2v) is 5.30. The molecule has 2 rings (SSSR count). The first-order chi connectivity index (χ1) is 9.49. The molecule has 1 atom stereocenters. The Morgan fingerprint density at radius 2 is 1.65 bits per heavy atom. The summed E-state index contributed by atoms with van der Waals surface area (Å²) in [5.74, 6) is -0.632. The van der Waals surface area contributed by atoms with E-state index >= 15 is 0 Å². The number of phenolic OH excluding ortho intramolecular Hbond substituents is 1. The van der Waals surface area contributed by atoms with E-state index in [0.29, 0.717) is 11.3 Å². The minimum Gasteiger partial charge on any atom is -0.505 e. The number of amides is 1. The second kappa shape index (κ2) is 6.35. The van der Waals surface area contributed by atoms with Gasteiger partial charge in [-0.15, -0.1) is 11.6 Å². The Morgan fingerprint density at radius 3 is 2.20 bits per heavy atom. The quantitative estimate of drug-likeness (QED) is 0.637. The van der Waals surface area contributed by atoms with Crippen LogP contribution in [0.4, 0.5) is 5.69 Å². The highest BCUT2D eigenvalue weighted by molar-refractivity contribution is 6.38. The predicted octanol–water partition coefficient (Wildman–Crippen LogP) is 4.62. The number of nitrogens with one attached hydrogen (secondary N) is 1. The molecule has 0 aromatic heterocycles. The number of carbonyl (C=O) groups is 1. The van der Waals surface area contributed by atoms with Gasteiger partial charge in [0.1, 0.15) is 5.38 Å². The molecule has 0 radical (unpaired) electrons. The lowest BCUT2D eigenvalue weighted by Gasteiger charge is -2.12. The Hall–Kier alpha value is -1.42. The van der Waals surface area contributed by atoms with Crippen LogP contribution in [0.1, 0.15) is 10.9 Å². The summed E-state index contributed by atoms with van der Waals surface area (Å²) in [5, 5.41) is 11.3. The van der Waals surface area contributed by atoms with Crippen LogP contribution in [0.3, 0.4) is 0 Å². The van der Waals surface area contributed by atoms with Crippen molar-refractivity contribution in [3.8, 4) is 5.75 Å². The van der Waals surface area contributed by atoms with Crippen LogP contribution >= 0.6 is 34.8 Å². The van der Waals surface area contributed by atoms with E-state index < -0.39 is 11.3 Å². The lowest BCUT2D eigenvalue weighted by atomic mass is 10.1. The maximum absolute atomic E-state index is 12.0. The number of carbonyl (C=O) groups excluding carboxylic acids is 1. The van der Waals surface area contributed by atoms with Gasteiger partial charge in [0, 0.05) is 5.69 Å². The van der Waals surface area contributed by atoms with E-state index in [4.69, 9.17) is 34.8 Å². The fourth-order valence-electron chi connectivity index (χ4n) is 1.62. The Bertz CT molecular complexity index is 609. The Labute approximate surface area is 131 Å². The summed E-state index contributed by atoms with van der Waals surface area (Å²) in [5.41, 5.74) is 1.05. The molecule has 2 N–H and O–H groups in total. The monoisotopic (exact) mass is 329 g/mol. The standard InChI is InChI=1S/C14H10Cl3NO2/c15-10-6-9(7-11(16)13(10)19)18-14(20)12(17)8-4-2-1-3-5-8/h1-7,12,19H,(H,18,20). The molecule has 0 heterocycles. The fraction of sp³-hybridized carbons (Fsp3) is 0.0714. The Morgan fingerprint density at radius 1 is 1.10 bits per heavy atom. The average molecular weight is 331 g/mol. The highest BCUT2D eigenvalue weighted by Crippen LogP contribution is 2.35. The molecule has 1 amide bonds. The second-order valence-electron chi connectivity index (χ2n) is 4.05. The van der Waals surface area contributed by atoms with Crippen LogP contribution < -0.4 is 5.32 Å². The van der Waals surface area contributed by atoms with Gasteiger partial charge in [0.25, 0.3) is 0 Å². The van der Waals surface area contributed by atoms with Crippen LogP contribution in [0.25, 0.3) is 0 Å². The van der Waals surface area contributed by atoms with Gasteiger partial charge >= 0.3 is 0 Å². The first-order valence-electron chi connectivity index (χ1n) is 5.67. The third-order valence-electron chi connectivity index (χ3n) is 2.61. The highest BCUT2D eigenvalue weighted by Gasteiger charge is 2.18. The van der Waals surface area contributed by atoms with Crippen molar-refractivity contribution in [1.29, 1.82) is 0 Å². The number of rotatable bonds is 3. The summed E-state index contributed by atoms with van der Waals surface area (Å²) in [6.07, 6.45) is 0. The van der Waals surface area contributed by atoms with Gasteiger partial charge in [-0.25, -0.2) is 0 Å². The van der Waals surface area contributed by atoms with Crippen molar-refractivity contribution in [2.24, 2.45) is 0 Å². The Balaban J connectivity index is 2.16. The van der Waals surface area contributed by atoms with E-state index in [2.05, 4.69) is 5.32 Å². The highest BCUT2D eigenvalue weighted by atomic mass is 35.5. The zero-order valence-electron chi connectivity index (χ0n) is 10.1. The summed E-state index contributed by atoms with van der Waals surface area (Å²) in [4.78, 5) is 12.0. The normalized spacial score (nSPS) is 11.9. The maximum Gasteiger partial charge on any atom is 0.246 e. The predicted molar refractivity (Wildman–Crippen MR) is 81.8 cm³/mol. The van der Waals surface area contributed by atoms with Crippen LogP contribution in [0.15, 0.2) is 42.5 Å². The van der Waals surface area contributed by atoms with E-state index in [1.807, 2.05) is 6.07 Å². The molecule has 0 bridgehead atoms. The number of alkyl halides is 1. The lowest BCUT2D eigenvalue weighted by Crippen LogP contribution is -2.17. The fourth-order valence-corrected chi connectivity index (χ4v) is 2.30. The van der Waals surface area contributed by atoms with Crippen molar-refractivity contribution in [3.63, 3.8) is 0 Å². The van der Waals surface area contributed by atoms with Crippen molar-refractivity contribution in [2.45, 2.75) is 5.38 Å². The van der Waals surface area contributed by atoms with Crippen LogP contribution in [-0.2, 0) is 4.79 Å². The summed E-state index contributed by atoms with van der Waals surface area (Å²) in [7, 11) is 0. The summed E-state index contributed by atoms with van der Waals surface area (Å²) < 4.78 is 0. The Kier molecular flexibility index (Phi) is 4.76. The molecule has 2 aromatic carbocycles. The number of anilines is 1. The van der Waals surface area contributed by atoms with Gasteiger partial charge in [0.05, 0.1) is 10.0 Å². The third-order valence-corrected chi connectivity index (χ3v) is 3.63. The summed E-state index contributed by atoms with van der Waals surface area (Å²) >= 11 is 17.7. The van der Waals surface area contributed by atoms with Crippen molar-refractivity contribution >= 4 is 46.4 Å². The van der Waals surface area contributed by atoms with Crippen LogP contribution in [0.5, 0.6) is 5.75 Å². The van der Waals surface area contributed by atoms with Gasteiger partial charge in [-0.05, 0) is 17.7 Å². The van der Waals surface area contributed by atoms with E-state index in [-0.39, 0.29) is 15.8 Å². The molecule has 3 nitrogen and oxygen atoms in total. The molecule has 0 saturated heterocycles. The minimum atomic E-state index is -0.831. The van der Waals surface area contributed by atoms with E-state index in [1.54, 1.807) is 24.3 Å². The number of halogens is 3. The SMILES string of the molecule is O=C(Nc1cc(Cl)c(O)c(Cl)c1)C(Cl)c1ccccc1. The molecule has 0 aliphatic carbocycles. The molecule has 6 heteroatoms. The van der Waals surface area contributed by atoms with Crippen LogP contribution in [-0.4, -0.2) is 11.0 Å².